The molecule has 27 heavy (non-hydrogen) atoms. The summed E-state index contributed by atoms with van der Waals surface area (Å²) in [5.74, 6) is 1.94. The zero-order valence-electron chi connectivity index (χ0n) is 15.0. The molecular formula is C21H21N3O3. The molecular weight excluding hydrogens is 342 g/mol. The van der Waals surface area contributed by atoms with Crippen molar-refractivity contribution in [2.45, 2.75) is 0 Å². The Hall–Kier alpha value is -3.38. The van der Waals surface area contributed by atoms with Crippen LogP contribution in [-0.4, -0.2) is 31.2 Å². The van der Waals surface area contributed by atoms with Crippen molar-refractivity contribution in [3.63, 3.8) is 0 Å². The van der Waals surface area contributed by atoms with Crippen LogP contribution in [0.4, 0.5) is 11.5 Å². The van der Waals surface area contributed by atoms with E-state index in [2.05, 4.69) is 15.6 Å². The van der Waals surface area contributed by atoms with E-state index in [1.165, 1.54) is 6.20 Å². The lowest BCUT2D eigenvalue weighted by Crippen LogP contribution is -2.13. The maximum atomic E-state index is 12.3. The van der Waals surface area contributed by atoms with Crippen molar-refractivity contribution >= 4 is 17.4 Å². The lowest BCUT2D eigenvalue weighted by Gasteiger charge is -2.09. The molecule has 6 heteroatoms. The molecule has 0 aliphatic carbocycles. The Bertz CT molecular complexity index is 850. The quantitative estimate of drug-likeness (QED) is 0.587. The van der Waals surface area contributed by atoms with Gasteiger partial charge in [0.05, 0.1) is 12.2 Å². The van der Waals surface area contributed by atoms with E-state index in [0.29, 0.717) is 36.0 Å². The number of para-hydroxylation sites is 1. The van der Waals surface area contributed by atoms with Crippen molar-refractivity contribution in [1.29, 1.82) is 0 Å². The number of nitrogens with one attached hydrogen (secondary N) is 2. The van der Waals surface area contributed by atoms with E-state index in [0.717, 1.165) is 5.75 Å². The highest BCUT2D eigenvalue weighted by Gasteiger charge is 2.07. The van der Waals surface area contributed by atoms with Gasteiger partial charge in [0.2, 0.25) is 0 Å². The minimum Gasteiger partial charge on any atom is -0.457 e. The first kappa shape index (κ1) is 18.4. The molecule has 0 unspecified atom stereocenters. The van der Waals surface area contributed by atoms with Crippen LogP contribution in [0.2, 0.25) is 0 Å². The highest BCUT2D eigenvalue weighted by Crippen LogP contribution is 2.22. The fraction of sp³-hybridized carbons (Fsp3) is 0.143. The van der Waals surface area contributed by atoms with Crippen LogP contribution in [0, 0.1) is 0 Å². The summed E-state index contributed by atoms with van der Waals surface area (Å²) in [6, 6.07) is 20.2. The number of ether oxygens (including phenoxy) is 2. The molecule has 1 aromatic heterocycles. The van der Waals surface area contributed by atoms with Crippen molar-refractivity contribution in [1.82, 2.24) is 4.98 Å². The van der Waals surface area contributed by atoms with Gasteiger partial charge < -0.3 is 20.1 Å². The summed E-state index contributed by atoms with van der Waals surface area (Å²) in [5.41, 5.74) is 1.17. The van der Waals surface area contributed by atoms with Crippen LogP contribution in [0.25, 0.3) is 0 Å². The van der Waals surface area contributed by atoms with Crippen LogP contribution >= 0.6 is 0 Å². The molecule has 138 valence electrons. The largest absolute Gasteiger partial charge is 0.457 e. The molecule has 0 fully saturated rings. The lowest BCUT2D eigenvalue weighted by atomic mass is 10.2. The Morgan fingerprint density at radius 2 is 1.70 bits per heavy atom. The van der Waals surface area contributed by atoms with Crippen LogP contribution in [0.15, 0.2) is 72.9 Å². The highest BCUT2D eigenvalue weighted by atomic mass is 16.5. The second-order valence-corrected chi connectivity index (χ2v) is 5.75. The van der Waals surface area contributed by atoms with Crippen LogP contribution in [0.5, 0.6) is 11.5 Å². The van der Waals surface area contributed by atoms with E-state index in [1.54, 1.807) is 31.4 Å². The van der Waals surface area contributed by atoms with E-state index in [9.17, 15) is 4.79 Å². The Morgan fingerprint density at radius 3 is 2.37 bits per heavy atom. The van der Waals surface area contributed by atoms with Crippen LogP contribution in [0.1, 0.15) is 10.4 Å². The predicted molar refractivity (Wildman–Crippen MR) is 106 cm³/mol. The maximum Gasteiger partial charge on any atom is 0.257 e. The Kier molecular flexibility index (Phi) is 6.38. The number of methoxy groups -OCH3 is 1. The zero-order valence-corrected chi connectivity index (χ0v) is 15.0. The van der Waals surface area contributed by atoms with Crippen molar-refractivity contribution in [2.75, 3.05) is 30.9 Å². The fourth-order valence-electron chi connectivity index (χ4n) is 2.35. The molecule has 2 aromatic carbocycles. The predicted octanol–water partition coefficient (Wildman–Crippen LogP) is 4.18. The molecule has 3 aromatic rings. The van der Waals surface area contributed by atoms with E-state index >= 15 is 0 Å². The fourth-order valence-corrected chi connectivity index (χ4v) is 2.35. The lowest BCUT2D eigenvalue weighted by molar-refractivity contribution is 0.102. The van der Waals surface area contributed by atoms with Gasteiger partial charge in [-0.15, -0.1) is 0 Å². The van der Waals surface area contributed by atoms with Crippen molar-refractivity contribution < 1.29 is 14.3 Å². The van der Waals surface area contributed by atoms with Crippen LogP contribution < -0.4 is 15.4 Å². The third-order valence-corrected chi connectivity index (χ3v) is 3.73. The standard InChI is InChI=1S/C21H21N3O3/c1-26-14-13-22-20-12-7-16(15-23-20)21(25)24-17-8-10-19(11-9-17)27-18-5-3-2-4-6-18/h2-12,15H,13-14H2,1H3,(H,22,23)(H,24,25). The minimum atomic E-state index is -0.220. The number of carbonyl (C=O) groups is 1. The van der Waals surface area contributed by atoms with Gasteiger partial charge >= 0.3 is 0 Å². The number of nitrogens with zero attached hydrogens (tertiary/aromatic N) is 1. The van der Waals surface area contributed by atoms with Gasteiger partial charge in [-0.2, -0.15) is 0 Å². The maximum absolute atomic E-state index is 12.3. The van der Waals surface area contributed by atoms with Gasteiger partial charge in [-0.25, -0.2) is 4.98 Å². The summed E-state index contributed by atoms with van der Waals surface area (Å²) < 4.78 is 10.7. The summed E-state index contributed by atoms with van der Waals surface area (Å²) in [7, 11) is 1.64. The van der Waals surface area contributed by atoms with Gasteiger partial charge in [0, 0.05) is 25.5 Å². The molecule has 0 saturated heterocycles. The van der Waals surface area contributed by atoms with Gasteiger partial charge in [0.25, 0.3) is 5.91 Å². The number of benzene rings is 2. The molecule has 0 aliphatic rings. The van der Waals surface area contributed by atoms with E-state index in [1.807, 2.05) is 42.5 Å². The van der Waals surface area contributed by atoms with Crippen molar-refractivity contribution in [2.24, 2.45) is 0 Å². The Balaban J connectivity index is 1.55. The van der Waals surface area contributed by atoms with Crippen LogP contribution in [-0.2, 0) is 4.74 Å². The molecule has 0 aliphatic heterocycles. The summed E-state index contributed by atoms with van der Waals surface area (Å²) in [6.07, 6.45) is 1.54. The second kappa shape index (κ2) is 9.35. The van der Waals surface area contributed by atoms with Gasteiger partial charge in [-0.05, 0) is 48.5 Å². The molecule has 1 amide bonds. The number of hydrogen-bond acceptors (Lipinski definition) is 5. The number of pyridine rings is 1. The third kappa shape index (κ3) is 5.55. The summed E-state index contributed by atoms with van der Waals surface area (Å²) >= 11 is 0. The Morgan fingerprint density at radius 1 is 0.963 bits per heavy atom. The van der Waals surface area contributed by atoms with E-state index in [-0.39, 0.29) is 5.91 Å². The molecule has 6 nitrogen and oxygen atoms in total. The van der Waals surface area contributed by atoms with Gasteiger partial charge in [-0.3, -0.25) is 4.79 Å². The molecule has 0 saturated carbocycles. The minimum absolute atomic E-state index is 0.220. The molecule has 0 spiro atoms. The molecule has 0 bridgehead atoms. The topological polar surface area (TPSA) is 72.5 Å². The number of carbonyl (C=O) groups excluding carboxylic acids is 1. The average molecular weight is 363 g/mol. The monoisotopic (exact) mass is 363 g/mol. The van der Waals surface area contributed by atoms with E-state index in [4.69, 9.17) is 9.47 Å². The number of hydrogen-bond donors (Lipinski definition) is 2. The Labute approximate surface area is 158 Å². The molecule has 1 heterocycles. The first-order valence-corrected chi connectivity index (χ1v) is 8.58. The van der Waals surface area contributed by atoms with Crippen molar-refractivity contribution in [3.8, 4) is 11.5 Å². The SMILES string of the molecule is COCCNc1ccc(C(=O)Nc2ccc(Oc3ccccc3)cc2)cn1. The van der Waals surface area contributed by atoms with Crippen LogP contribution in [0.3, 0.4) is 0 Å². The molecule has 0 radical (unpaired) electrons. The smallest absolute Gasteiger partial charge is 0.257 e. The summed E-state index contributed by atoms with van der Waals surface area (Å²) in [6.45, 7) is 1.25. The molecule has 3 rings (SSSR count). The second-order valence-electron chi connectivity index (χ2n) is 5.75. The highest BCUT2D eigenvalue weighted by molar-refractivity contribution is 6.04. The van der Waals surface area contributed by atoms with Crippen molar-refractivity contribution in [3.05, 3.63) is 78.5 Å². The molecule has 0 atom stereocenters. The summed E-state index contributed by atoms with van der Waals surface area (Å²) in [5, 5.41) is 5.95. The zero-order chi connectivity index (χ0) is 18.9. The number of rotatable bonds is 8. The van der Waals surface area contributed by atoms with E-state index < -0.39 is 0 Å². The van der Waals surface area contributed by atoms with Gasteiger partial charge in [0.1, 0.15) is 17.3 Å². The average Bonchev–Trinajstić information content (AvgIpc) is 2.71. The first-order chi connectivity index (χ1) is 13.2. The first-order valence-electron chi connectivity index (χ1n) is 8.58. The summed E-state index contributed by atoms with van der Waals surface area (Å²) in [4.78, 5) is 16.6. The third-order valence-electron chi connectivity index (χ3n) is 3.73. The normalized spacial score (nSPS) is 10.3. The number of amides is 1. The van der Waals surface area contributed by atoms with Gasteiger partial charge in [0.15, 0.2) is 0 Å². The number of aromatic nitrogens is 1. The van der Waals surface area contributed by atoms with Gasteiger partial charge in [-0.1, -0.05) is 18.2 Å². The number of anilines is 2. The molecule has 2 N–H and O–H groups in total.